The topological polar surface area (TPSA) is 90.4 Å². The number of hydrogen-bond acceptors (Lipinski definition) is 5. The van der Waals surface area contributed by atoms with Gasteiger partial charge in [0, 0.05) is 17.2 Å². The van der Waals surface area contributed by atoms with Crippen molar-refractivity contribution >= 4 is 23.5 Å². The van der Waals surface area contributed by atoms with Crippen molar-refractivity contribution in [2.45, 2.75) is 26.4 Å². The number of carbonyl (C=O) groups is 1. The first-order chi connectivity index (χ1) is 14.9. The summed E-state index contributed by atoms with van der Waals surface area (Å²) >= 11 is 0. The number of fused-ring (bicyclic) bond motifs is 1. The van der Waals surface area contributed by atoms with E-state index in [0.29, 0.717) is 22.4 Å². The van der Waals surface area contributed by atoms with E-state index in [1.54, 1.807) is 26.0 Å². The van der Waals surface area contributed by atoms with Crippen LogP contribution in [0.4, 0.5) is 31.0 Å². The van der Waals surface area contributed by atoms with Gasteiger partial charge in [-0.15, -0.1) is 0 Å². The first kappa shape index (κ1) is 20.7. The normalized spacial score (nSPS) is 14.1. The Kier molecular flexibility index (Phi) is 5.51. The lowest BCUT2D eigenvalue weighted by atomic mass is 10.00. The summed E-state index contributed by atoms with van der Waals surface area (Å²) in [5.41, 5.74) is 2.40. The molecule has 1 aromatic heterocycles. The number of nitrogens with zero attached hydrogens (tertiary/aromatic N) is 3. The number of urea groups is 1. The Morgan fingerprint density at radius 1 is 1.23 bits per heavy atom. The van der Waals surface area contributed by atoms with E-state index in [0.717, 1.165) is 4.90 Å². The van der Waals surface area contributed by atoms with Gasteiger partial charge in [0.25, 0.3) is 0 Å². The number of amides is 2. The molecule has 0 unspecified atom stereocenters. The summed E-state index contributed by atoms with van der Waals surface area (Å²) < 4.78 is 28.3. The Labute approximate surface area is 177 Å². The summed E-state index contributed by atoms with van der Waals surface area (Å²) in [6.45, 7) is 3.46. The van der Waals surface area contributed by atoms with Gasteiger partial charge in [-0.25, -0.2) is 23.5 Å². The number of aryl methyl sites for hydroxylation is 1. The fourth-order valence-corrected chi connectivity index (χ4v) is 3.46. The number of aliphatic hydroxyl groups is 1. The molecule has 1 atom stereocenters. The van der Waals surface area contributed by atoms with Crippen LogP contribution in [0.5, 0.6) is 0 Å². The molecule has 2 heterocycles. The van der Waals surface area contributed by atoms with Crippen LogP contribution in [0.1, 0.15) is 18.1 Å². The molecule has 2 aromatic carbocycles. The summed E-state index contributed by atoms with van der Waals surface area (Å²) in [5.74, 6) is -0.579. The Bertz CT molecular complexity index is 1150. The van der Waals surface area contributed by atoms with E-state index in [-0.39, 0.29) is 42.5 Å². The molecule has 2 amide bonds. The van der Waals surface area contributed by atoms with Crippen molar-refractivity contribution in [1.82, 2.24) is 15.3 Å². The first-order valence-electron chi connectivity index (χ1n) is 9.76. The number of rotatable bonds is 5. The van der Waals surface area contributed by atoms with Crippen LogP contribution in [0.25, 0.3) is 11.3 Å². The Morgan fingerprint density at radius 2 is 2.00 bits per heavy atom. The van der Waals surface area contributed by atoms with Crippen molar-refractivity contribution < 1.29 is 18.7 Å². The molecule has 1 aliphatic rings. The quantitative estimate of drug-likeness (QED) is 0.577. The summed E-state index contributed by atoms with van der Waals surface area (Å²) in [7, 11) is 0. The molecule has 0 fully saturated rings. The summed E-state index contributed by atoms with van der Waals surface area (Å²) in [5, 5.41) is 15.1. The molecule has 0 saturated heterocycles. The summed E-state index contributed by atoms with van der Waals surface area (Å²) in [4.78, 5) is 23.0. The second kappa shape index (κ2) is 8.27. The van der Waals surface area contributed by atoms with E-state index in [1.165, 1.54) is 30.3 Å². The number of halogens is 2. The smallest absolute Gasteiger partial charge is 0.328 e. The van der Waals surface area contributed by atoms with Crippen LogP contribution in [0.3, 0.4) is 0 Å². The van der Waals surface area contributed by atoms with E-state index in [2.05, 4.69) is 20.6 Å². The number of hydrogen-bond donors (Lipinski definition) is 3. The predicted octanol–water partition coefficient (Wildman–Crippen LogP) is 3.88. The lowest BCUT2D eigenvalue weighted by molar-refractivity contribution is 0.246. The number of nitrogens with one attached hydrogen (secondary N) is 2. The van der Waals surface area contributed by atoms with Crippen molar-refractivity contribution in [2.75, 3.05) is 16.8 Å². The number of aromatic nitrogens is 2. The highest BCUT2D eigenvalue weighted by Gasteiger charge is 2.32. The SMILES string of the molecule is Cc1cc(F)ccc1-c1nc(N[C@H](C)CO)nc2c1CNC(=O)N2c1ccccc1F. The monoisotopic (exact) mass is 425 g/mol. The van der Waals surface area contributed by atoms with Crippen LogP contribution < -0.4 is 15.5 Å². The van der Waals surface area contributed by atoms with E-state index >= 15 is 0 Å². The van der Waals surface area contributed by atoms with Crippen molar-refractivity contribution in [3.8, 4) is 11.3 Å². The highest BCUT2D eigenvalue weighted by molar-refractivity contribution is 6.02. The van der Waals surface area contributed by atoms with Gasteiger partial charge in [-0.1, -0.05) is 12.1 Å². The molecule has 0 aliphatic carbocycles. The third kappa shape index (κ3) is 3.91. The molecule has 3 aromatic rings. The lowest BCUT2D eigenvalue weighted by Crippen LogP contribution is -2.42. The number of anilines is 3. The standard InChI is InChI=1S/C22H21F2N5O2/c1-12-9-14(23)7-8-15(12)19-16-10-25-22(31)29(18-6-4-3-5-17(18)24)20(16)28-21(27-19)26-13(2)11-30/h3-9,13,30H,10-11H2,1-2H3,(H,25,31)(H,26,27,28)/t13-/m1/s1. The van der Waals surface area contributed by atoms with E-state index in [4.69, 9.17) is 0 Å². The molecular weight excluding hydrogens is 404 g/mol. The number of carbonyl (C=O) groups excluding carboxylic acids is 1. The number of benzene rings is 2. The van der Waals surface area contributed by atoms with Crippen LogP contribution >= 0.6 is 0 Å². The molecular formula is C22H21F2N5O2. The van der Waals surface area contributed by atoms with Gasteiger partial charge >= 0.3 is 6.03 Å². The Morgan fingerprint density at radius 3 is 2.71 bits per heavy atom. The van der Waals surface area contributed by atoms with Crippen LogP contribution in [-0.4, -0.2) is 33.8 Å². The second-order valence-electron chi connectivity index (χ2n) is 7.33. The Hall–Kier alpha value is -3.59. The zero-order chi connectivity index (χ0) is 22.1. The molecule has 3 N–H and O–H groups in total. The largest absolute Gasteiger partial charge is 0.394 e. The maximum Gasteiger partial charge on any atom is 0.328 e. The maximum atomic E-state index is 14.6. The predicted molar refractivity (Wildman–Crippen MR) is 113 cm³/mol. The molecule has 1 aliphatic heterocycles. The number of para-hydroxylation sites is 1. The van der Waals surface area contributed by atoms with Gasteiger partial charge in [-0.2, -0.15) is 4.98 Å². The summed E-state index contributed by atoms with van der Waals surface area (Å²) in [6, 6.07) is 9.34. The fourth-order valence-electron chi connectivity index (χ4n) is 3.46. The molecule has 0 saturated carbocycles. The van der Waals surface area contributed by atoms with Crippen molar-refractivity contribution in [3.63, 3.8) is 0 Å². The van der Waals surface area contributed by atoms with Gasteiger partial charge in [0.1, 0.15) is 11.6 Å². The highest BCUT2D eigenvalue weighted by Crippen LogP contribution is 2.38. The Balaban J connectivity index is 1.96. The van der Waals surface area contributed by atoms with E-state index in [1.807, 2.05) is 0 Å². The minimum Gasteiger partial charge on any atom is -0.394 e. The minimum absolute atomic E-state index is 0.0441. The van der Waals surface area contributed by atoms with Crippen molar-refractivity contribution in [2.24, 2.45) is 0 Å². The molecule has 0 radical (unpaired) electrons. The minimum atomic E-state index is -0.582. The molecule has 0 spiro atoms. The van der Waals surface area contributed by atoms with Gasteiger partial charge in [-0.05, 0) is 49.7 Å². The van der Waals surface area contributed by atoms with Gasteiger partial charge in [-0.3, -0.25) is 0 Å². The average Bonchev–Trinajstić information content (AvgIpc) is 2.74. The van der Waals surface area contributed by atoms with Gasteiger partial charge < -0.3 is 15.7 Å². The van der Waals surface area contributed by atoms with Crippen LogP contribution in [0.15, 0.2) is 42.5 Å². The molecule has 160 valence electrons. The van der Waals surface area contributed by atoms with Crippen molar-refractivity contribution in [3.05, 3.63) is 65.2 Å². The second-order valence-corrected chi connectivity index (χ2v) is 7.33. The van der Waals surface area contributed by atoms with Gasteiger partial charge in [0.05, 0.1) is 24.5 Å². The molecule has 31 heavy (non-hydrogen) atoms. The van der Waals surface area contributed by atoms with Crippen LogP contribution in [-0.2, 0) is 6.54 Å². The highest BCUT2D eigenvalue weighted by atomic mass is 19.1. The third-order valence-corrected chi connectivity index (χ3v) is 5.00. The zero-order valence-electron chi connectivity index (χ0n) is 17.0. The first-order valence-corrected chi connectivity index (χ1v) is 9.76. The van der Waals surface area contributed by atoms with Gasteiger partial charge in [0.15, 0.2) is 5.82 Å². The summed E-state index contributed by atoms with van der Waals surface area (Å²) in [6.07, 6.45) is 0. The zero-order valence-corrected chi connectivity index (χ0v) is 17.0. The molecule has 9 heteroatoms. The van der Waals surface area contributed by atoms with Crippen molar-refractivity contribution in [1.29, 1.82) is 0 Å². The van der Waals surface area contributed by atoms with Crippen LogP contribution in [0.2, 0.25) is 0 Å². The van der Waals surface area contributed by atoms with E-state index in [9.17, 15) is 18.7 Å². The molecule has 0 bridgehead atoms. The van der Waals surface area contributed by atoms with Crippen LogP contribution in [0, 0.1) is 18.6 Å². The van der Waals surface area contributed by atoms with Gasteiger partial charge in [0.2, 0.25) is 5.95 Å². The molecule has 4 rings (SSSR count). The van der Waals surface area contributed by atoms with E-state index < -0.39 is 11.8 Å². The lowest BCUT2D eigenvalue weighted by Gasteiger charge is -2.31. The maximum absolute atomic E-state index is 14.6. The molecule has 7 nitrogen and oxygen atoms in total. The average molecular weight is 425 g/mol. The number of aliphatic hydroxyl groups excluding tert-OH is 1. The fraction of sp³-hybridized carbons (Fsp3) is 0.227. The third-order valence-electron chi connectivity index (χ3n) is 5.00.